The lowest BCUT2D eigenvalue weighted by atomic mass is 9.98. The van der Waals surface area contributed by atoms with E-state index in [9.17, 15) is 0 Å². The first-order chi connectivity index (χ1) is 11.1. The molecule has 1 heterocycles. The molecular weight excluding hydrogens is 286 g/mol. The van der Waals surface area contributed by atoms with Gasteiger partial charge in [-0.05, 0) is 59.0 Å². The number of hydrogen-bond acceptors (Lipinski definition) is 4. The van der Waals surface area contributed by atoms with Gasteiger partial charge in [0, 0.05) is 38.8 Å². The Kier molecular flexibility index (Phi) is 11.1. The fourth-order valence-electron chi connectivity index (χ4n) is 3.23. The van der Waals surface area contributed by atoms with Crippen LogP contribution in [-0.2, 0) is 4.74 Å². The maximum Gasteiger partial charge on any atom is 0.0627 e. The van der Waals surface area contributed by atoms with E-state index in [0.29, 0.717) is 6.04 Å². The minimum Gasteiger partial charge on any atom is -0.376 e. The van der Waals surface area contributed by atoms with Crippen molar-refractivity contribution in [3.63, 3.8) is 0 Å². The maximum atomic E-state index is 6.01. The molecule has 0 saturated carbocycles. The molecule has 23 heavy (non-hydrogen) atoms. The zero-order valence-electron chi connectivity index (χ0n) is 16.1. The first-order valence-electron chi connectivity index (χ1n) is 9.88. The molecule has 0 aromatic carbocycles. The molecule has 1 saturated heterocycles. The lowest BCUT2D eigenvalue weighted by Crippen LogP contribution is -2.41. The molecule has 138 valence electrons. The standard InChI is InChI=1S/C19H41N3O/c1-5-7-15-22(16-14-21-13-12-20-11-6-2)18-8-10-19(3,4)23-17-9-18/h18,20-21H,5-17H2,1-4H3. The molecule has 0 aromatic heterocycles. The largest absolute Gasteiger partial charge is 0.376 e. The summed E-state index contributed by atoms with van der Waals surface area (Å²) in [4.78, 5) is 2.71. The summed E-state index contributed by atoms with van der Waals surface area (Å²) >= 11 is 0. The number of rotatable bonds is 12. The summed E-state index contributed by atoms with van der Waals surface area (Å²) in [5.41, 5.74) is 0.0639. The van der Waals surface area contributed by atoms with Gasteiger partial charge in [0.25, 0.3) is 0 Å². The molecule has 0 spiro atoms. The van der Waals surface area contributed by atoms with E-state index in [2.05, 4.69) is 43.2 Å². The second kappa shape index (κ2) is 12.2. The van der Waals surface area contributed by atoms with Gasteiger partial charge in [0.15, 0.2) is 0 Å². The van der Waals surface area contributed by atoms with Gasteiger partial charge in [-0.2, -0.15) is 0 Å². The summed E-state index contributed by atoms with van der Waals surface area (Å²) in [7, 11) is 0. The van der Waals surface area contributed by atoms with Gasteiger partial charge >= 0.3 is 0 Å². The van der Waals surface area contributed by atoms with Crippen molar-refractivity contribution in [2.45, 2.75) is 77.9 Å². The third-order valence-corrected chi connectivity index (χ3v) is 4.82. The van der Waals surface area contributed by atoms with Crippen molar-refractivity contribution in [3.05, 3.63) is 0 Å². The Bertz CT molecular complexity index is 284. The van der Waals surface area contributed by atoms with Gasteiger partial charge in [-0.1, -0.05) is 20.3 Å². The molecule has 1 unspecified atom stereocenters. The average molecular weight is 328 g/mol. The number of unbranched alkanes of at least 4 members (excludes halogenated alkanes) is 1. The van der Waals surface area contributed by atoms with E-state index in [1.165, 1.54) is 51.6 Å². The molecule has 4 nitrogen and oxygen atoms in total. The SMILES string of the molecule is CCCCN(CCNCCNCCC)C1CCOC(C)(C)CC1. The van der Waals surface area contributed by atoms with Crippen LogP contribution in [0.15, 0.2) is 0 Å². The highest BCUT2D eigenvalue weighted by atomic mass is 16.5. The maximum absolute atomic E-state index is 6.01. The topological polar surface area (TPSA) is 36.5 Å². The molecular formula is C19H41N3O. The molecule has 0 amide bonds. The van der Waals surface area contributed by atoms with Crippen LogP contribution in [0.2, 0.25) is 0 Å². The number of hydrogen-bond donors (Lipinski definition) is 2. The molecule has 1 atom stereocenters. The van der Waals surface area contributed by atoms with Gasteiger partial charge in [-0.25, -0.2) is 0 Å². The van der Waals surface area contributed by atoms with Gasteiger partial charge < -0.3 is 15.4 Å². The van der Waals surface area contributed by atoms with E-state index in [0.717, 1.165) is 32.8 Å². The van der Waals surface area contributed by atoms with Crippen molar-refractivity contribution in [1.82, 2.24) is 15.5 Å². The lowest BCUT2D eigenvalue weighted by Gasteiger charge is -2.31. The zero-order valence-corrected chi connectivity index (χ0v) is 16.1. The van der Waals surface area contributed by atoms with Crippen molar-refractivity contribution < 1.29 is 4.74 Å². The van der Waals surface area contributed by atoms with E-state index < -0.39 is 0 Å². The Morgan fingerprint density at radius 3 is 2.39 bits per heavy atom. The zero-order chi connectivity index (χ0) is 17.0. The predicted octanol–water partition coefficient (Wildman–Crippen LogP) is 3.03. The summed E-state index contributed by atoms with van der Waals surface area (Å²) in [6.45, 7) is 16.6. The van der Waals surface area contributed by atoms with Gasteiger partial charge in [-0.15, -0.1) is 0 Å². The highest BCUT2D eigenvalue weighted by molar-refractivity contribution is 4.81. The van der Waals surface area contributed by atoms with E-state index >= 15 is 0 Å². The lowest BCUT2D eigenvalue weighted by molar-refractivity contribution is -0.0136. The van der Waals surface area contributed by atoms with Crippen molar-refractivity contribution in [3.8, 4) is 0 Å². The molecule has 0 aromatic rings. The first-order valence-corrected chi connectivity index (χ1v) is 9.88. The number of ether oxygens (including phenoxy) is 1. The van der Waals surface area contributed by atoms with Gasteiger partial charge in [0.1, 0.15) is 0 Å². The van der Waals surface area contributed by atoms with Crippen LogP contribution < -0.4 is 10.6 Å². The molecule has 4 heteroatoms. The molecule has 1 fully saturated rings. The first kappa shape index (κ1) is 20.9. The van der Waals surface area contributed by atoms with Crippen molar-refractivity contribution in [1.29, 1.82) is 0 Å². The van der Waals surface area contributed by atoms with Crippen LogP contribution in [0, 0.1) is 0 Å². The monoisotopic (exact) mass is 327 g/mol. The number of nitrogens with one attached hydrogen (secondary N) is 2. The Labute approximate surface area is 144 Å². The van der Waals surface area contributed by atoms with Crippen LogP contribution in [0.3, 0.4) is 0 Å². The second-order valence-electron chi connectivity index (χ2n) is 7.48. The van der Waals surface area contributed by atoms with E-state index in [4.69, 9.17) is 4.74 Å². The molecule has 0 aliphatic carbocycles. The molecule has 1 aliphatic heterocycles. The molecule has 2 N–H and O–H groups in total. The van der Waals surface area contributed by atoms with Crippen LogP contribution in [0.25, 0.3) is 0 Å². The third-order valence-electron chi connectivity index (χ3n) is 4.82. The van der Waals surface area contributed by atoms with Crippen LogP contribution in [-0.4, -0.2) is 62.4 Å². The van der Waals surface area contributed by atoms with Crippen LogP contribution in [0.1, 0.15) is 66.2 Å². The summed E-state index contributed by atoms with van der Waals surface area (Å²) in [5.74, 6) is 0. The van der Waals surface area contributed by atoms with Crippen LogP contribution in [0.5, 0.6) is 0 Å². The molecule has 0 radical (unpaired) electrons. The van der Waals surface area contributed by atoms with Gasteiger partial charge in [-0.3, -0.25) is 4.90 Å². The second-order valence-corrected chi connectivity index (χ2v) is 7.48. The smallest absolute Gasteiger partial charge is 0.0627 e. The van der Waals surface area contributed by atoms with Crippen molar-refractivity contribution >= 4 is 0 Å². The van der Waals surface area contributed by atoms with Gasteiger partial charge in [0.2, 0.25) is 0 Å². The van der Waals surface area contributed by atoms with E-state index in [1.807, 2.05) is 0 Å². The molecule has 1 aliphatic rings. The van der Waals surface area contributed by atoms with Crippen molar-refractivity contribution in [2.75, 3.05) is 45.9 Å². The van der Waals surface area contributed by atoms with E-state index in [1.54, 1.807) is 0 Å². The molecule has 1 rings (SSSR count). The quantitative estimate of drug-likeness (QED) is 0.540. The minimum atomic E-state index is 0.0639. The summed E-state index contributed by atoms with van der Waals surface area (Å²) in [5, 5.41) is 7.03. The van der Waals surface area contributed by atoms with Gasteiger partial charge in [0.05, 0.1) is 5.60 Å². The molecule has 0 bridgehead atoms. The fraction of sp³-hybridized carbons (Fsp3) is 1.00. The van der Waals surface area contributed by atoms with Crippen LogP contribution >= 0.6 is 0 Å². The third kappa shape index (κ3) is 9.65. The highest BCUT2D eigenvalue weighted by Gasteiger charge is 2.27. The average Bonchev–Trinajstić information content (AvgIpc) is 2.70. The Hall–Kier alpha value is -0.160. The van der Waals surface area contributed by atoms with E-state index in [-0.39, 0.29) is 5.60 Å². The minimum absolute atomic E-state index is 0.0639. The summed E-state index contributed by atoms with van der Waals surface area (Å²) in [6, 6.07) is 0.698. The van der Waals surface area contributed by atoms with Crippen molar-refractivity contribution in [2.24, 2.45) is 0 Å². The number of nitrogens with zero attached hydrogens (tertiary/aromatic N) is 1. The Balaban J connectivity index is 2.30. The Morgan fingerprint density at radius 2 is 1.70 bits per heavy atom. The summed E-state index contributed by atoms with van der Waals surface area (Å²) in [6.07, 6.45) is 7.43. The Morgan fingerprint density at radius 1 is 0.957 bits per heavy atom. The normalized spacial score (nSPS) is 21.5. The highest BCUT2D eigenvalue weighted by Crippen LogP contribution is 2.26. The van der Waals surface area contributed by atoms with Crippen LogP contribution in [0.4, 0.5) is 0 Å². The predicted molar refractivity (Wildman–Crippen MR) is 100 cm³/mol. The summed E-state index contributed by atoms with van der Waals surface area (Å²) < 4.78 is 6.01. The fourth-order valence-corrected chi connectivity index (χ4v) is 3.23.